The highest BCUT2D eigenvalue weighted by atomic mass is 16.3. The van der Waals surface area contributed by atoms with Crippen molar-refractivity contribution >= 4 is 0 Å². The normalized spacial score (nSPS) is 25.3. The quantitative estimate of drug-likeness (QED) is 0.757. The van der Waals surface area contributed by atoms with E-state index in [4.69, 9.17) is 0 Å². The van der Waals surface area contributed by atoms with Gasteiger partial charge >= 0.3 is 0 Å². The zero-order chi connectivity index (χ0) is 12.2. The van der Waals surface area contributed by atoms with E-state index in [-0.39, 0.29) is 0 Å². The van der Waals surface area contributed by atoms with Crippen molar-refractivity contribution in [1.29, 1.82) is 0 Å². The molecule has 16 heavy (non-hydrogen) atoms. The van der Waals surface area contributed by atoms with Gasteiger partial charge in [-0.3, -0.25) is 0 Å². The summed E-state index contributed by atoms with van der Waals surface area (Å²) in [5.41, 5.74) is -0.00801. The van der Waals surface area contributed by atoms with E-state index >= 15 is 0 Å². The monoisotopic (exact) mass is 227 g/mol. The topological polar surface area (TPSA) is 32.3 Å². The van der Waals surface area contributed by atoms with Gasteiger partial charge in [-0.15, -0.1) is 0 Å². The molecule has 0 aliphatic heterocycles. The van der Waals surface area contributed by atoms with Crippen molar-refractivity contribution in [1.82, 2.24) is 5.32 Å². The van der Waals surface area contributed by atoms with Crippen LogP contribution < -0.4 is 5.32 Å². The first-order valence-corrected chi connectivity index (χ1v) is 6.80. The second kappa shape index (κ2) is 5.50. The maximum Gasteiger partial charge on any atom is 0.0772 e. The molecule has 0 amide bonds. The minimum Gasteiger partial charge on any atom is -0.389 e. The second-order valence-electron chi connectivity index (χ2n) is 6.53. The van der Waals surface area contributed by atoms with Gasteiger partial charge in [-0.2, -0.15) is 0 Å². The van der Waals surface area contributed by atoms with Crippen molar-refractivity contribution in [3.63, 3.8) is 0 Å². The van der Waals surface area contributed by atoms with Crippen LogP contribution >= 0.6 is 0 Å². The van der Waals surface area contributed by atoms with E-state index in [0.717, 1.165) is 38.8 Å². The molecule has 1 fully saturated rings. The average Bonchev–Trinajstić information content (AvgIpc) is 2.23. The van der Waals surface area contributed by atoms with Gasteiger partial charge in [0.2, 0.25) is 0 Å². The third-order valence-electron chi connectivity index (χ3n) is 4.18. The van der Waals surface area contributed by atoms with E-state index < -0.39 is 5.60 Å². The summed E-state index contributed by atoms with van der Waals surface area (Å²) in [6, 6.07) is 0. The van der Waals surface area contributed by atoms with E-state index in [2.05, 4.69) is 33.0 Å². The summed E-state index contributed by atoms with van der Waals surface area (Å²) in [7, 11) is 0. The minimum atomic E-state index is -0.441. The highest BCUT2D eigenvalue weighted by Crippen LogP contribution is 2.39. The smallest absolute Gasteiger partial charge is 0.0772 e. The fourth-order valence-corrected chi connectivity index (χ4v) is 2.26. The molecule has 1 aliphatic carbocycles. The van der Waals surface area contributed by atoms with Crippen LogP contribution in [0, 0.1) is 11.3 Å². The number of hydrogen-bond acceptors (Lipinski definition) is 2. The number of rotatable bonds is 5. The van der Waals surface area contributed by atoms with Crippen LogP contribution in [0.4, 0.5) is 0 Å². The Kier molecular flexibility index (Phi) is 4.81. The summed E-state index contributed by atoms with van der Waals surface area (Å²) in [5.74, 6) is 0.712. The van der Waals surface area contributed by atoms with Crippen LogP contribution in [0.2, 0.25) is 0 Å². The van der Waals surface area contributed by atoms with Crippen LogP contribution in [0.3, 0.4) is 0 Å². The van der Waals surface area contributed by atoms with Crippen molar-refractivity contribution in [2.75, 3.05) is 13.1 Å². The number of aliphatic hydroxyl groups is 1. The molecule has 0 aromatic rings. The Morgan fingerprint density at radius 1 is 1.19 bits per heavy atom. The van der Waals surface area contributed by atoms with Crippen LogP contribution in [0.1, 0.15) is 59.8 Å². The molecular formula is C14H29NO. The Labute approximate surface area is 101 Å². The lowest BCUT2D eigenvalue weighted by molar-refractivity contribution is -0.0246. The maximum absolute atomic E-state index is 10.4. The summed E-state index contributed by atoms with van der Waals surface area (Å²) < 4.78 is 0. The van der Waals surface area contributed by atoms with Crippen LogP contribution in [0.25, 0.3) is 0 Å². The fraction of sp³-hybridized carbons (Fsp3) is 1.00. The standard InChI is InChI=1S/C14H29NO/c1-5-12(2)10-15-11-14(16)8-6-13(3,4)7-9-14/h12,15-16H,5-11H2,1-4H3. The summed E-state index contributed by atoms with van der Waals surface area (Å²) in [6.45, 7) is 10.9. The van der Waals surface area contributed by atoms with E-state index in [1.165, 1.54) is 6.42 Å². The van der Waals surface area contributed by atoms with Gasteiger partial charge in [-0.1, -0.05) is 34.1 Å². The van der Waals surface area contributed by atoms with Crippen molar-refractivity contribution in [2.45, 2.75) is 65.4 Å². The molecule has 2 nitrogen and oxygen atoms in total. The van der Waals surface area contributed by atoms with E-state index in [9.17, 15) is 5.11 Å². The second-order valence-corrected chi connectivity index (χ2v) is 6.53. The molecule has 1 unspecified atom stereocenters. The van der Waals surface area contributed by atoms with E-state index in [0.29, 0.717) is 11.3 Å². The fourth-order valence-electron chi connectivity index (χ4n) is 2.26. The van der Waals surface area contributed by atoms with E-state index in [1.54, 1.807) is 0 Å². The van der Waals surface area contributed by atoms with Gasteiger partial charge in [0.15, 0.2) is 0 Å². The molecule has 0 saturated heterocycles. The molecule has 0 bridgehead atoms. The molecular weight excluding hydrogens is 198 g/mol. The Hall–Kier alpha value is -0.0800. The van der Waals surface area contributed by atoms with Gasteiger partial charge in [0.05, 0.1) is 5.60 Å². The highest BCUT2D eigenvalue weighted by molar-refractivity contribution is 4.90. The first-order valence-electron chi connectivity index (χ1n) is 6.80. The summed E-state index contributed by atoms with van der Waals surface area (Å²) >= 11 is 0. The molecule has 0 aromatic heterocycles. The number of hydrogen-bond donors (Lipinski definition) is 2. The van der Waals surface area contributed by atoms with Crippen molar-refractivity contribution in [3.8, 4) is 0 Å². The van der Waals surface area contributed by atoms with Crippen molar-refractivity contribution < 1.29 is 5.11 Å². The molecule has 0 aromatic carbocycles. The molecule has 0 heterocycles. The first kappa shape index (κ1) is 14.0. The van der Waals surface area contributed by atoms with Gasteiger partial charge in [-0.25, -0.2) is 0 Å². The van der Waals surface area contributed by atoms with Gasteiger partial charge in [-0.05, 0) is 43.6 Å². The Balaban J connectivity index is 2.26. The number of nitrogens with one attached hydrogen (secondary N) is 1. The summed E-state index contributed by atoms with van der Waals surface area (Å²) in [6.07, 6.45) is 5.41. The lowest BCUT2D eigenvalue weighted by Gasteiger charge is -2.40. The molecule has 0 radical (unpaired) electrons. The van der Waals surface area contributed by atoms with Gasteiger partial charge in [0.25, 0.3) is 0 Å². The van der Waals surface area contributed by atoms with Crippen LogP contribution in [0.15, 0.2) is 0 Å². The third-order valence-corrected chi connectivity index (χ3v) is 4.18. The molecule has 1 atom stereocenters. The summed E-state index contributed by atoms with van der Waals surface area (Å²) in [5, 5.41) is 13.9. The first-order chi connectivity index (χ1) is 7.37. The Morgan fingerprint density at radius 2 is 1.75 bits per heavy atom. The van der Waals surface area contributed by atoms with E-state index in [1.807, 2.05) is 0 Å². The SMILES string of the molecule is CCC(C)CNCC1(O)CCC(C)(C)CC1. The molecule has 0 spiro atoms. The van der Waals surface area contributed by atoms with Crippen molar-refractivity contribution in [2.24, 2.45) is 11.3 Å². The van der Waals surface area contributed by atoms with Crippen LogP contribution in [-0.4, -0.2) is 23.8 Å². The van der Waals surface area contributed by atoms with Crippen LogP contribution in [0.5, 0.6) is 0 Å². The lowest BCUT2D eigenvalue weighted by atomic mass is 9.71. The third kappa shape index (κ3) is 4.42. The van der Waals surface area contributed by atoms with Gasteiger partial charge < -0.3 is 10.4 Å². The molecule has 96 valence electrons. The predicted molar refractivity (Wildman–Crippen MR) is 69.5 cm³/mol. The largest absolute Gasteiger partial charge is 0.389 e. The Morgan fingerprint density at radius 3 is 2.25 bits per heavy atom. The van der Waals surface area contributed by atoms with Crippen LogP contribution in [-0.2, 0) is 0 Å². The highest BCUT2D eigenvalue weighted by Gasteiger charge is 2.36. The predicted octanol–water partition coefficient (Wildman–Crippen LogP) is 2.95. The Bertz CT molecular complexity index is 203. The minimum absolute atomic E-state index is 0.433. The van der Waals surface area contributed by atoms with Gasteiger partial charge in [0.1, 0.15) is 0 Å². The zero-order valence-corrected chi connectivity index (χ0v) is 11.5. The molecule has 1 saturated carbocycles. The molecule has 2 N–H and O–H groups in total. The lowest BCUT2D eigenvalue weighted by Crippen LogP contribution is -2.45. The molecule has 1 aliphatic rings. The zero-order valence-electron chi connectivity index (χ0n) is 11.5. The van der Waals surface area contributed by atoms with Crippen molar-refractivity contribution in [3.05, 3.63) is 0 Å². The summed E-state index contributed by atoms with van der Waals surface area (Å²) in [4.78, 5) is 0. The maximum atomic E-state index is 10.4. The van der Waals surface area contributed by atoms with Gasteiger partial charge in [0, 0.05) is 6.54 Å². The molecule has 2 heteroatoms. The average molecular weight is 227 g/mol. The molecule has 1 rings (SSSR count).